The minimum absolute atomic E-state index is 0.0563. The van der Waals surface area contributed by atoms with Crippen LogP contribution in [0.2, 0.25) is 10.0 Å². The van der Waals surface area contributed by atoms with E-state index in [1.807, 2.05) is 0 Å². The van der Waals surface area contributed by atoms with Crippen LogP contribution >= 0.6 is 23.2 Å². The number of aliphatic carboxylic acids is 1. The summed E-state index contributed by atoms with van der Waals surface area (Å²) in [4.78, 5) is 41.2. The second-order valence-corrected chi connectivity index (χ2v) is 8.47. The number of hydrogen-bond donors (Lipinski definition) is 2. The lowest BCUT2D eigenvalue weighted by Gasteiger charge is -2.15. The maximum absolute atomic E-state index is 12.4. The van der Waals surface area contributed by atoms with Crippen molar-refractivity contribution < 1.29 is 19.5 Å². The number of carbonyl (C=O) groups excluding carboxylic acids is 2. The molecule has 1 aromatic carbocycles. The Morgan fingerprint density at radius 3 is 2.23 bits per heavy atom. The van der Waals surface area contributed by atoms with Crippen molar-refractivity contribution in [2.24, 2.45) is 4.99 Å². The van der Waals surface area contributed by atoms with Gasteiger partial charge in [0.25, 0.3) is 5.91 Å². The van der Waals surface area contributed by atoms with Gasteiger partial charge in [0.2, 0.25) is 5.91 Å². The van der Waals surface area contributed by atoms with E-state index in [-0.39, 0.29) is 28.1 Å². The molecule has 0 fully saturated rings. The number of carboxylic acid groups (broad SMARTS) is 1. The molecule has 31 heavy (non-hydrogen) atoms. The maximum atomic E-state index is 12.4. The molecule has 2 rings (SSSR count). The Labute approximate surface area is 192 Å². The third-order valence-electron chi connectivity index (χ3n) is 5.34. The number of halogens is 2. The largest absolute Gasteiger partial charge is 0.480 e. The van der Waals surface area contributed by atoms with E-state index in [1.54, 1.807) is 18.0 Å². The van der Waals surface area contributed by atoms with Crippen molar-refractivity contribution in [3.63, 3.8) is 0 Å². The summed E-state index contributed by atoms with van der Waals surface area (Å²) >= 11 is 12.0. The first kappa shape index (κ1) is 25.1. The summed E-state index contributed by atoms with van der Waals surface area (Å²) in [5.74, 6) is -0.720. The fourth-order valence-electron chi connectivity index (χ4n) is 3.48. The van der Waals surface area contributed by atoms with Gasteiger partial charge in [0.1, 0.15) is 18.4 Å². The summed E-state index contributed by atoms with van der Waals surface area (Å²) in [5.41, 5.74) is 0.0937. The highest BCUT2D eigenvalue weighted by Crippen LogP contribution is 2.24. The molecule has 2 amide bonds. The van der Waals surface area contributed by atoms with Crippen LogP contribution in [-0.2, 0) is 9.59 Å². The van der Waals surface area contributed by atoms with E-state index in [9.17, 15) is 19.5 Å². The van der Waals surface area contributed by atoms with E-state index < -0.39 is 17.9 Å². The lowest BCUT2D eigenvalue weighted by molar-refractivity contribution is -0.139. The van der Waals surface area contributed by atoms with Crippen LogP contribution in [0.25, 0.3) is 0 Å². The Morgan fingerprint density at radius 2 is 1.68 bits per heavy atom. The molecule has 1 heterocycles. The molecule has 0 saturated heterocycles. The van der Waals surface area contributed by atoms with E-state index in [4.69, 9.17) is 23.2 Å². The summed E-state index contributed by atoms with van der Waals surface area (Å²) in [6, 6.07) is 3.72. The minimum Gasteiger partial charge on any atom is -0.480 e. The average molecular weight is 470 g/mol. The molecule has 0 bridgehead atoms. The molecule has 1 aliphatic rings. The van der Waals surface area contributed by atoms with Crippen molar-refractivity contribution in [3.05, 3.63) is 33.8 Å². The number of carboxylic acids is 1. The summed E-state index contributed by atoms with van der Waals surface area (Å²) in [5, 5.41) is 12.3. The number of nitrogens with zero attached hydrogens (tertiary/aromatic N) is 2. The molecule has 170 valence electrons. The first-order valence-corrected chi connectivity index (χ1v) is 11.3. The van der Waals surface area contributed by atoms with Gasteiger partial charge < -0.3 is 15.3 Å². The van der Waals surface area contributed by atoms with Gasteiger partial charge in [0, 0.05) is 13.5 Å². The Kier molecular flexibility index (Phi) is 10.3. The highest BCUT2D eigenvalue weighted by atomic mass is 35.5. The van der Waals surface area contributed by atoms with Crippen molar-refractivity contribution in [3.8, 4) is 0 Å². The van der Waals surface area contributed by atoms with Gasteiger partial charge in [-0.15, -0.1) is 0 Å². The molecule has 0 unspecified atom stereocenters. The number of rotatable bonds is 13. The van der Waals surface area contributed by atoms with Crippen molar-refractivity contribution in [2.75, 3.05) is 13.6 Å². The SMILES string of the molecule is CN1C(=O)CN=C1CCCCCCCCC[C@H](NC(=O)c1c(Cl)cccc1Cl)C(=O)O. The van der Waals surface area contributed by atoms with Crippen molar-refractivity contribution in [1.29, 1.82) is 0 Å². The third kappa shape index (κ3) is 7.82. The lowest BCUT2D eigenvalue weighted by Crippen LogP contribution is -2.41. The molecule has 9 heteroatoms. The van der Waals surface area contributed by atoms with Gasteiger partial charge in [-0.2, -0.15) is 0 Å². The number of likely N-dealkylation sites (N-methyl/N-ethyl adjacent to an activating group) is 1. The molecule has 0 radical (unpaired) electrons. The number of aliphatic imine (C=N–C) groups is 1. The fourth-order valence-corrected chi connectivity index (χ4v) is 4.05. The Bertz CT molecular complexity index is 809. The third-order valence-corrected chi connectivity index (χ3v) is 5.97. The molecule has 7 nitrogen and oxygen atoms in total. The number of carbonyl (C=O) groups is 3. The van der Waals surface area contributed by atoms with Crippen LogP contribution in [0.5, 0.6) is 0 Å². The number of benzene rings is 1. The standard InChI is InChI=1S/C22H29Cl2N3O4/c1-27-18(25-14-19(27)28)13-8-6-4-2-3-5-7-12-17(22(30)31)26-21(29)20-15(23)10-9-11-16(20)24/h9-11,17H,2-8,12-14H2,1H3,(H,26,29)(H,30,31)/t17-/m0/s1. The van der Waals surface area contributed by atoms with Crippen molar-refractivity contribution in [2.45, 2.75) is 63.8 Å². The molecule has 0 spiro atoms. The number of unbranched alkanes of at least 4 members (excludes halogenated alkanes) is 6. The van der Waals surface area contributed by atoms with Crippen LogP contribution in [-0.4, -0.2) is 53.3 Å². The molecule has 0 saturated carbocycles. The number of amides is 2. The van der Waals surface area contributed by atoms with Gasteiger partial charge in [-0.1, -0.05) is 67.8 Å². The van der Waals surface area contributed by atoms with E-state index in [2.05, 4.69) is 10.3 Å². The summed E-state index contributed by atoms with van der Waals surface area (Å²) in [7, 11) is 1.77. The topological polar surface area (TPSA) is 99.1 Å². The highest BCUT2D eigenvalue weighted by molar-refractivity contribution is 6.39. The second kappa shape index (κ2) is 12.7. The smallest absolute Gasteiger partial charge is 0.326 e. The van der Waals surface area contributed by atoms with E-state index in [0.717, 1.165) is 50.8 Å². The first-order chi connectivity index (χ1) is 14.8. The van der Waals surface area contributed by atoms with Crippen LogP contribution in [0, 0.1) is 0 Å². The molecule has 1 aromatic rings. The van der Waals surface area contributed by atoms with Gasteiger partial charge >= 0.3 is 5.97 Å². The number of amidine groups is 1. The Balaban J connectivity index is 1.61. The van der Waals surface area contributed by atoms with Gasteiger partial charge in [0.15, 0.2) is 0 Å². The zero-order valence-corrected chi connectivity index (χ0v) is 19.2. The predicted octanol–water partition coefficient (Wildman–Crippen LogP) is 4.56. The minimum atomic E-state index is -1.07. The van der Waals surface area contributed by atoms with E-state index in [0.29, 0.717) is 12.8 Å². The fraction of sp³-hybridized carbons (Fsp3) is 0.545. The van der Waals surface area contributed by atoms with Crippen LogP contribution < -0.4 is 5.32 Å². The van der Waals surface area contributed by atoms with Crippen molar-refractivity contribution in [1.82, 2.24) is 10.2 Å². The monoisotopic (exact) mass is 469 g/mol. The van der Waals surface area contributed by atoms with Crippen LogP contribution in [0.3, 0.4) is 0 Å². The second-order valence-electron chi connectivity index (χ2n) is 7.66. The van der Waals surface area contributed by atoms with Crippen LogP contribution in [0.1, 0.15) is 68.1 Å². The predicted molar refractivity (Wildman–Crippen MR) is 122 cm³/mol. The van der Waals surface area contributed by atoms with Crippen LogP contribution in [0.4, 0.5) is 0 Å². The van der Waals surface area contributed by atoms with Gasteiger partial charge in [-0.3, -0.25) is 14.6 Å². The maximum Gasteiger partial charge on any atom is 0.326 e. The van der Waals surface area contributed by atoms with Crippen LogP contribution in [0.15, 0.2) is 23.2 Å². The van der Waals surface area contributed by atoms with Crippen molar-refractivity contribution >= 4 is 46.8 Å². The van der Waals surface area contributed by atoms with Gasteiger partial charge in [-0.25, -0.2) is 4.79 Å². The Hall–Kier alpha value is -2.12. The zero-order valence-electron chi connectivity index (χ0n) is 17.7. The average Bonchev–Trinajstić information content (AvgIpc) is 3.03. The first-order valence-electron chi connectivity index (χ1n) is 10.6. The molecule has 0 aromatic heterocycles. The lowest BCUT2D eigenvalue weighted by atomic mass is 10.0. The summed E-state index contributed by atoms with van der Waals surface area (Å²) in [6.07, 6.45) is 8.04. The molecule has 2 N–H and O–H groups in total. The molecule has 0 aliphatic carbocycles. The molecule has 1 atom stereocenters. The highest BCUT2D eigenvalue weighted by Gasteiger charge is 2.23. The summed E-state index contributed by atoms with van der Waals surface area (Å²) in [6.45, 7) is 0.273. The number of nitrogens with one attached hydrogen (secondary N) is 1. The Morgan fingerprint density at radius 1 is 1.10 bits per heavy atom. The molecular weight excluding hydrogens is 441 g/mol. The van der Waals surface area contributed by atoms with E-state index in [1.165, 1.54) is 12.1 Å². The zero-order chi connectivity index (χ0) is 22.8. The van der Waals surface area contributed by atoms with E-state index >= 15 is 0 Å². The van der Waals surface area contributed by atoms with Gasteiger partial charge in [-0.05, 0) is 25.0 Å². The number of hydrogen-bond acceptors (Lipinski definition) is 4. The normalized spacial score (nSPS) is 14.5. The molecular formula is C22H29Cl2N3O4. The molecule has 1 aliphatic heterocycles. The van der Waals surface area contributed by atoms with Gasteiger partial charge in [0.05, 0.1) is 15.6 Å². The summed E-state index contributed by atoms with van der Waals surface area (Å²) < 4.78 is 0. The quantitative estimate of drug-likeness (QED) is 0.413.